The summed E-state index contributed by atoms with van der Waals surface area (Å²) in [6.45, 7) is 2.32. The van der Waals surface area contributed by atoms with E-state index in [4.69, 9.17) is 4.74 Å². The van der Waals surface area contributed by atoms with Gasteiger partial charge in [0.1, 0.15) is 11.4 Å². The van der Waals surface area contributed by atoms with Crippen molar-refractivity contribution >= 4 is 23.5 Å². The van der Waals surface area contributed by atoms with Crippen molar-refractivity contribution in [2.75, 3.05) is 19.0 Å². The fourth-order valence-corrected chi connectivity index (χ4v) is 2.12. The maximum atomic E-state index is 12.4. The SMILES string of the molecule is CCCCOC(=O)c1ccccc1NC(=O)c1cccc(C(=O)OC)n1. The zero-order chi connectivity index (χ0) is 18.9. The molecular formula is C19H20N2O5. The molecule has 0 fully saturated rings. The largest absolute Gasteiger partial charge is 0.464 e. The Hall–Kier alpha value is -3.22. The van der Waals surface area contributed by atoms with Gasteiger partial charge in [-0.15, -0.1) is 0 Å². The van der Waals surface area contributed by atoms with E-state index in [9.17, 15) is 14.4 Å². The maximum absolute atomic E-state index is 12.4. The molecule has 2 rings (SSSR count). The summed E-state index contributed by atoms with van der Waals surface area (Å²) in [4.78, 5) is 40.1. The molecule has 26 heavy (non-hydrogen) atoms. The maximum Gasteiger partial charge on any atom is 0.356 e. The number of nitrogens with one attached hydrogen (secondary N) is 1. The topological polar surface area (TPSA) is 94.6 Å². The van der Waals surface area contributed by atoms with E-state index >= 15 is 0 Å². The second-order valence-electron chi connectivity index (χ2n) is 5.39. The van der Waals surface area contributed by atoms with Gasteiger partial charge in [0, 0.05) is 0 Å². The average molecular weight is 356 g/mol. The number of carbonyl (C=O) groups is 3. The second-order valence-corrected chi connectivity index (χ2v) is 5.39. The number of anilines is 1. The number of ether oxygens (including phenoxy) is 2. The third-order valence-corrected chi connectivity index (χ3v) is 3.50. The van der Waals surface area contributed by atoms with Crippen LogP contribution in [0.3, 0.4) is 0 Å². The molecule has 0 aliphatic heterocycles. The van der Waals surface area contributed by atoms with Gasteiger partial charge in [-0.1, -0.05) is 31.5 Å². The van der Waals surface area contributed by atoms with E-state index in [1.165, 1.54) is 25.3 Å². The standard InChI is InChI=1S/C19H20N2O5/c1-3-4-12-26-18(23)13-8-5-6-9-14(13)21-17(22)15-10-7-11-16(20-15)19(24)25-2/h5-11H,3-4,12H2,1-2H3,(H,21,22). The molecule has 2 aromatic rings. The predicted octanol–water partition coefficient (Wildman–Crippen LogP) is 3.08. The quantitative estimate of drug-likeness (QED) is 0.605. The van der Waals surface area contributed by atoms with Gasteiger partial charge in [-0.3, -0.25) is 4.79 Å². The number of hydrogen-bond acceptors (Lipinski definition) is 6. The first kappa shape index (κ1) is 19.1. The van der Waals surface area contributed by atoms with Crippen molar-refractivity contribution in [3.8, 4) is 0 Å². The molecule has 1 aromatic carbocycles. The molecule has 1 aromatic heterocycles. The number of nitrogens with zero attached hydrogens (tertiary/aromatic N) is 1. The fourth-order valence-electron chi connectivity index (χ4n) is 2.12. The Morgan fingerprint density at radius 3 is 2.46 bits per heavy atom. The van der Waals surface area contributed by atoms with Crippen LogP contribution in [-0.2, 0) is 9.47 Å². The number of esters is 2. The normalized spacial score (nSPS) is 10.1. The lowest BCUT2D eigenvalue weighted by Crippen LogP contribution is -2.18. The number of unbranched alkanes of at least 4 members (excludes halogenated alkanes) is 1. The van der Waals surface area contributed by atoms with E-state index in [1.54, 1.807) is 24.3 Å². The van der Waals surface area contributed by atoms with Gasteiger partial charge in [0.05, 0.1) is 25.0 Å². The number of carbonyl (C=O) groups excluding carboxylic acids is 3. The van der Waals surface area contributed by atoms with Crippen molar-refractivity contribution in [1.82, 2.24) is 4.98 Å². The van der Waals surface area contributed by atoms with Gasteiger partial charge >= 0.3 is 11.9 Å². The molecule has 7 heteroatoms. The molecule has 0 unspecified atom stereocenters. The molecule has 7 nitrogen and oxygen atoms in total. The van der Waals surface area contributed by atoms with Crippen molar-refractivity contribution < 1.29 is 23.9 Å². The molecule has 0 saturated heterocycles. The van der Waals surface area contributed by atoms with E-state index in [0.717, 1.165) is 12.8 Å². The molecule has 0 bridgehead atoms. The van der Waals surface area contributed by atoms with Crippen LogP contribution in [-0.4, -0.2) is 36.5 Å². The monoisotopic (exact) mass is 356 g/mol. The highest BCUT2D eigenvalue weighted by Gasteiger charge is 2.17. The summed E-state index contributed by atoms with van der Waals surface area (Å²) in [5, 5.41) is 2.63. The number of methoxy groups -OCH3 is 1. The summed E-state index contributed by atoms with van der Waals surface area (Å²) in [7, 11) is 1.23. The molecule has 1 N–H and O–H groups in total. The zero-order valence-electron chi connectivity index (χ0n) is 14.7. The summed E-state index contributed by atoms with van der Waals surface area (Å²) < 4.78 is 9.79. The molecule has 136 valence electrons. The summed E-state index contributed by atoms with van der Waals surface area (Å²) in [6, 6.07) is 11.0. The lowest BCUT2D eigenvalue weighted by atomic mass is 10.1. The Morgan fingerprint density at radius 2 is 1.73 bits per heavy atom. The number of para-hydroxylation sites is 1. The number of pyridine rings is 1. The Morgan fingerprint density at radius 1 is 1.00 bits per heavy atom. The first-order valence-electron chi connectivity index (χ1n) is 8.19. The Kier molecular flexibility index (Phi) is 6.84. The van der Waals surface area contributed by atoms with Crippen molar-refractivity contribution in [2.24, 2.45) is 0 Å². The molecule has 0 aliphatic carbocycles. The molecule has 0 radical (unpaired) electrons. The van der Waals surface area contributed by atoms with Crippen LogP contribution < -0.4 is 5.32 Å². The molecular weight excluding hydrogens is 336 g/mol. The van der Waals surface area contributed by atoms with E-state index in [0.29, 0.717) is 12.3 Å². The fraction of sp³-hybridized carbons (Fsp3) is 0.263. The minimum Gasteiger partial charge on any atom is -0.464 e. The van der Waals surface area contributed by atoms with Crippen LogP contribution in [0.5, 0.6) is 0 Å². The van der Waals surface area contributed by atoms with Crippen molar-refractivity contribution in [2.45, 2.75) is 19.8 Å². The van der Waals surface area contributed by atoms with Crippen molar-refractivity contribution in [1.29, 1.82) is 0 Å². The predicted molar refractivity (Wildman–Crippen MR) is 95.2 cm³/mol. The molecule has 0 saturated carbocycles. The lowest BCUT2D eigenvalue weighted by molar-refractivity contribution is 0.0500. The summed E-state index contributed by atoms with van der Waals surface area (Å²) in [6.07, 6.45) is 1.68. The number of rotatable bonds is 7. The first-order chi connectivity index (χ1) is 12.6. The molecule has 0 aliphatic rings. The number of benzene rings is 1. The minimum absolute atomic E-state index is 0.0208. The summed E-state index contributed by atoms with van der Waals surface area (Å²) in [5.74, 6) is -1.70. The van der Waals surface area contributed by atoms with Crippen LogP contribution >= 0.6 is 0 Å². The molecule has 1 amide bonds. The van der Waals surface area contributed by atoms with Crippen LogP contribution in [0.15, 0.2) is 42.5 Å². The smallest absolute Gasteiger partial charge is 0.356 e. The van der Waals surface area contributed by atoms with Gasteiger partial charge in [-0.25, -0.2) is 14.6 Å². The Bertz CT molecular complexity index is 804. The lowest BCUT2D eigenvalue weighted by Gasteiger charge is -2.11. The second kappa shape index (κ2) is 9.31. The number of hydrogen-bond donors (Lipinski definition) is 1. The van der Waals surface area contributed by atoms with Crippen molar-refractivity contribution in [3.05, 3.63) is 59.4 Å². The van der Waals surface area contributed by atoms with Gasteiger partial charge in [-0.2, -0.15) is 0 Å². The van der Waals surface area contributed by atoms with Crippen LogP contribution in [0.2, 0.25) is 0 Å². The molecule has 1 heterocycles. The highest BCUT2D eigenvalue weighted by Crippen LogP contribution is 2.17. The highest BCUT2D eigenvalue weighted by molar-refractivity contribution is 6.07. The van der Waals surface area contributed by atoms with Gasteiger partial charge in [0.25, 0.3) is 5.91 Å². The van der Waals surface area contributed by atoms with E-state index in [2.05, 4.69) is 15.0 Å². The van der Waals surface area contributed by atoms with Crippen molar-refractivity contribution in [3.63, 3.8) is 0 Å². The Labute approximate surface area is 151 Å². The van der Waals surface area contributed by atoms with Gasteiger partial charge < -0.3 is 14.8 Å². The van der Waals surface area contributed by atoms with E-state index < -0.39 is 17.8 Å². The zero-order valence-corrected chi connectivity index (χ0v) is 14.7. The van der Waals surface area contributed by atoms with Crippen LogP contribution in [0.1, 0.15) is 51.1 Å². The first-order valence-corrected chi connectivity index (χ1v) is 8.19. The summed E-state index contributed by atoms with van der Waals surface area (Å²) in [5.41, 5.74) is 0.611. The van der Waals surface area contributed by atoms with Gasteiger partial charge in [0.2, 0.25) is 0 Å². The Balaban J connectivity index is 2.17. The number of amides is 1. The van der Waals surface area contributed by atoms with E-state index in [-0.39, 0.29) is 17.0 Å². The van der Waals surface area contributed by atoms with E-state index in [1.807, 2.05) is 6.92 Å². The summed E-state index contributed by atoms with van der Waals surface area (Å²) >= 11 is 0. The van der Waals surface area contributed by atoms with Crippen LogP contribution in [0.4, 0.5) is 5.69 Å². The number of aromatic nitrogens is 1. The van der Waals surface area contributed by atoms with Gasteiger partial charge in [-0.05, 0) is 30.7 Å². The van der Waals surface area contributed by atoms with Crippen LogP contribution in [0, 0.1) is 0 Å². The third kappa shape index (κ3) is 4.89. The van der Waals surface area contributed by atoms with Gasteiger partial charge in [0.15, 0.2) is 0 Å². The molecule has 0 atom stereocenters. The van der Waals surface area contributed by atoms with Crippen LogP contribution in [0.25, 0.3) is 0 Å². The third-order valence-electron chi connectivity index (χ3n) is 3.50. The minimum atomic E-state index is -0.639. The average Bonchev–Trinajstić information content (AvgIpc) is 2.68. The molecule has 0 spiro atoms. The highest BCUT2D eigenvalue weighted by atomic mass is 16.5.